The molecule has 0 amide bonds. The van der Waals surface area contributed by atoms with E-state index in [4.69, 9.17) is 0 Å². The quantitative estimate of drug-likeness (QED) is 0.568. The number of hydrogen-bond donors (Lipinski definition) is 0. The standard InChI is InChI=1S/C22H20O/c1-21-14-5-3-6-15(21)11-12-19-17-7-4-8-20(23)18(17)13-16(10-9-14)22(19,21)2/h3,5-6,9-13H,4,7-8H2,1-2H3/p+1/t21-,22-/m0/s1. The third kappa shape index (κ3) is 1.33. The van der Waals surface area contributed by atoms with E-state index in [9.17, 15) is 4.79 Å². The summed E-state index contributed by atoms with van der Waals surface area (Å²) in [6.07, 6.45) is 21.0. The van der Waals surface area contributed by atoms with E-state index in [2.05, 4.69) is 62.5 Å². The minimum atomic E-state index is -0.0428. The van der Waals surface area contributed by atoms with Crippen molar-refractivity contribution in [3.05, 3.63) is 82.0 Å². The maximum atomic E-state index is 10.4. The molecule has 0 heterocycles. The van der Waals surface area contributed by atoms with E-state index >= 15 is 0 Å². The Balaban J connectivity index is 1.90. The predicted octanol–water partition coefficient (Wildman–Crippen LogP) is 4.90. The van der Waals surface area contributed by atoms with Crippen LogP contribution in [0.25, 0.3) is 0 Å². The molecule has 0 bridgehead atoms. The molecule has 1 nitrogen and oxygen atoms in total. The van der Waals surface area contributed by atoms with Crippen LogP contribution in [-0.4, -0.2) is 10.6 Å². The molecule has 1 N–H and O–H groups in total. The van der Waals surface area contributed by atoms with Gasteiger partial charge in [0.2, 0.25) is 0 Å². The average molecular weight is 301 g/mol. The molecule has 5 rings (SSSR count). The van der Waals surface area contributed by atoms with E-state index < -0.39 is 0 Å². The highest BCUT2D eigenvalue weighted by molar-refractivity contribution is 6.03. The highest BCUT2D eigenvalue weighted by Crippen LogP contribution is 2.66. The summed E-state index contributed by atoms with van der Waals surface area (Å²) in [6, 6.07) is 0. The van der Waals surface area contributed by atoms with E-state index in [-0.39, 0.29) is 10.8 Å². The highest BCUT2D eigenvalue weighted by Gasteiger charge is 2.57. The van der Waals surface area contributed by atoms with E-state index in [0.29, 0.717) is 5.78 Å². The zero-order valence-corrected chi connectivity index (χ0v) is 13.7. The number of fused-ring (bicyclic) bond motifs is 1. The van der Waals surface area contributed by atoms with E-state index in [1.165, 1.54) is 27.9 Å². The first-order valence-electron chi connectivity index (χ1n) is 8.57. The van der Waals surface area contributed by atoms with Crippen molar-refractivity contribution in [1.82, 2.24) is 0 Å². The van der Waals surface area contributed by atoms with Gasteiger partial charge in [-0.2, -0.15) is 0 Å². The number of rotatable bonds is 0. The molecule has 0 aliphatic heterocycles. The van der Waals surface area contributed by atoms with Gasteiger partial charge in [-0.1, -0.05) is 56.4 Å². The van der Waals surface area contributed by atoms with Gasteiger partial charge in [0.1, 0.15) is 0 Å². The number of allylic oxidation sites excluding steroid dienone is 14. The molecule has 114 valence electrons. The topological polar surface area (TPSA) is 21.4 Å². The molecule has 0 radical (unpaired) electrons. The maximum Gasteiger partial charge on any atom is 0.323 e. The summed E-state index contributed by atoms with van der Waals surface area (Å²) in [6.45, 7) is 4.78. The lowest BCUT2D eigenvalue weighted by atomic mass is 9.45. The summed E-state index contributed by atoms with van der Waals surface area (Å²) in [5.41, 5.74) is 7.91. The minimum absolute atomic E-state index is 0.0159. The number of ketones is 1. The van der Waals surface area contributed by atoms with Crippen LogP contribution < -0.4 is 0 Å². The van der Waals surface area contributed by atoms with Gasteiger partial charge in [0.15, 0.2) is 0 Å². The Morgan fingerprint density at radius 1 is 0.870 bits per heavy atom. The SMILES string of the molecule is C[C@@]12C3=CC=CC1=CC=C1C=C4C(=[OH+])CCCC4=C(C=C3)[C@]12C. The molecule has 5 aliphatic rings. The molecule has 1 heteroatoms. The molecule has 1 saturated carbocycles. The van der Waals surface area contributed by atoms with Crippen molar-refractivity contribution in [1.29, 1.82) is 0 Å². The summed E-state index contributed by atoms with van der Waals surface area (Å²) in [5, 5.41) is 0. The molecule has 0 spiro atoms. The molecule has 0 unspecified atom stereocenters. The van der Waals surface area contributed by atoms with Gasteiger partial charge in [0.25, 0.3) is 0 Å². The van der Waals surface area contributed by atoms with Crippen molar-refractivity contribution < 1.29 is 4.79 Å². The van der Waals surface area contributed by atoms with E-state index in [1.807, 2.05) is 0 Å². The van der Waals surface area contributed by atoms with Gasteiger partial charge in [-0.25, -0.2) is 0 Å². The first-order chi connectivity index (χ1) is 11.1. The smallest absolute Gasteiger partial charge is 0.278 e. The second kappa shape index (κ2) is 4.03. The summed E-state index contributed by atoms with van der Waals surface area (Å²) < 4.78 is 0. The molecule has 1 fully saturated rings. The van der Waals surface area contributed by atoms with Gasteiger partial charge >= 0.3 is 5.78 Å². The Kier molecular flexibility index (Phi) is 2.33. The molecule has 0 aromatic carbocycles. The van der Waals surface area contributed by atoms with Gasteiger partial charge < -0.3 is 0 Å². The van der Waals surface area contributed by atoms with Gasteiger partial charge in [-0.15, -0.1) is 0 Å². The molecule has 0 saturated heterocycles. The van der Waals surface area contributed by atoms with Crippen molar-refractivity contribution in [2.24, 2.45) is 10.8 Å². The van der Waals surface area contributed by atoms with Crippen molar-refractivity contribution >= 4 is 5.78 Å². The molecule has 5 aliphatic carbocycles. The van der Waals surface area contributed by atoms with Crippen LogP contribution in [0.1, 0.15) is 33.1 Å². The Morgan fingerprint density at radius 3 is 2.52 bits per heavy atom. The van der Waals surface area contributed by atoms with Crippen molar-refractivity contribution in [3.63, 3.8) is 0 Å². The molecular weight excluding hydrogens is 280 g/mol. The largest absolute Gasteiger partial charge is 0.323 e. The lowest BCUT2D eigenvalue weighted by Gasteiger charge is -2.56. The first-order valence-corrected chi connectivity index (χ1v) is 8.57. The zero-order chi connectivity index (χ0) is 15.8. The summed E-state index contributed by atoms with van der Waals surface area (Å²) in [4.78, 5) is 10.4. The Labute approximate surface area is 137 Å². The Morgan fingerprint density at radius 2 is 1.65 bits per heavy atom. The number of carbonyl (C=O) groups excluding carboxylic acids is 1. The van der Waals surface area contributed by atoms with Crippen molar-refractivity contribution in [2.45, 2.75) is 33.1 Å². The Bertz CT molecular complexity index is 881. The highest BCUT2D eigenvalue weighted by atomic mass is 16.1. The molecule has 0 aromatic heterocycles. The molecule has 23 heavy (non-hydrogen) atoms. The third-order valence-corrected chi connectivity index (χ3v) is 6.80. The fourth-order valence-corrected chi connectivity index (χ4v) is 5.25. The summed E-state index contributed by atoms with van der Waals surface area (Å²) in [5.74, 6) is 0.569. The van der Waals surface area contributed by atoms with Crippen LogP contribution in [0.15, 0.2) is 82.0 Å². The van der Waals surface area contributed by atoms with Gasteiger partial charge in [0, 0.05) is 10.8 Å². The fourth-order valence-electron chi connectivity index (χ4n) is 5.25. The molecule has 2 atom stereocenters. The van der Waals surface area contributed by atoms with Crippen LogP contribution in [0, 0.1) is 10.8 Å². The molecule has 0 aromatic rings. The fraction of sp³-hybridized carbons (Fsp3) is 0.318. The number of hydrogen-bond acceptors (Lipinski definition) is 0. The molecular formula is C22H21O+. The summed E-state index contributed by atoms with van der Waals surface area (Å²) in [7, 11) is 0. The predicted molar refractivity (Wildman–Crippen MR) is 94.6 cm³/mol. The second-order valence-electron chi connectivity index (χ2n) is 7.56. The summed E-state index contributed by atoms with van der Waals surface area (Å²) >= 11 is 0. The first kappa shape index (κ1) is 13.3. The van der Waals surface area contributed by atoms with Crippen LogP contribution in [0.2, 0.25) is 0 Å². The minimum Gasteiger partial charge on any atom is -0.278 e. The van der Waals surface area contributed by atoms with Gasteiger partial charge in [0.05, 0.1) is 12.0 Å². The van der Waals surface area contributed by atoms with Crippen LogP contribution in [0.3, 0.4) is 0 Å². The average Bonchev–Trinajstić information content (AvgIpc) is 2.53. The van der Waals surface area contributed by atoms with Crippen molar-refractivity contribution in [3.8, 4) is 0 Å². The lowest BCUT2D eigenvalue weighted by Crippen LogP contribution is -2.48. The second-order valence-corrected chi connectivity index (χ2v) is 7.56. The van der Waals surface area contributed by atoms with Crippen LogP contribution >= 0.6 is 0 Å². The van der Waals surface area contributed by atoms with Crippen LogP contribution in [0.4, 0.5) is 0 Å². The van der Waals surface area contributed by atoms with E-state index in [0.717, 1.165) is 24.8 Å². The monoisotopic (exact) mass is 301 g/mol. The van der Waals surface area contributed by atoms with Gasteiger partial charge in [-0.3, -0.25) is 4.79 Å². The van der Waals surface area contributed by atoms with Crippen LogP contribution in [-0.2, 0) is 0 Å². The third-order valence-electron chi connectivity index (χ3n) is 6.80. The maximum absolute atomic E-state index is 10.4. The normalized spacial score (nSPS) is 36.7. The van der Waals surface area contributed by atoms with E-state index in [1.54, 1.807) is 0 Å². The van der Waals surface area contributed by atoms with Gasteiger partial charge in [-0.05, 0) is 46.8 Å². The van der Waals surface area contributed by atoms with Crippen molar-refractivity contribution in [2.75, 3.05) is 0 Å². The zero-order valence-electron chi connectivity index (χ0n) is 13.7. The lowest BCUT2D eigenvalue weighted by molar-refractivity contribution is 0.246. The van der Waals surface area contributed by atoms with Crippen LogP contribution in [0.5, 0.6) is 0 Å². The Hall–Kier alpha value is -2.15.